The summed E-state index contributed by atoms with van der Waals surface area (Å²) in [6.45, 7) is 2.12. The molecule has 1 aromatic carbocycles. The number of methoxy groups -OCH3 is 2. The van der Waals surface area contributed by atoms with E-state index in [4.69, 9.17) is 21.1 Å². The van der Waals surface area contributed by atoms with Gasteiger partial charge in [-0.2, -0.15) is 0 Å². The van der Waals surface area contributed by atoms with Gasteiger partial charge in [0.05, 0.1) is 19.2 Å². The molecule has 0 saturated carbocycles. The number of nitrogens with zero attached hydrogens (tertiary/aromatic N) is 2. The van der Waals surface area contributed by atoms with E-state index in [-0.39, 0.29) is 5.91 Å². The van der Waals surface area contributed by atoms with Gasteiger partial charge in [0.1, 0.15) is 5.01 Å². The summed E-state index contributed by atoms with van der Waals surface area (Å²) in [5.74, 6) is 0.459. The van der Waals surface area contributed by atoms with Gasteiger partial charge >= 0.3 is 0 Å². The van der Waals surface area contributed by atoms with Crippen LogP contribution in [0.15, 0.2) is 12.1 Å². The van der Waals surface area contributed by atoms with Gasteiger partial charge in [-0.15, -0.1) is 10.2 Å². The molecule has 0 atom stereocenters. The minimum Gasteiger partial charge on any atom is -0.493 e. The molecule has 0 bridgehead atoms. The maximum Gasteiger partial charge on any atom is 0.257 e. The molecule has 6 nitrogen and oxygen atoms in total. The highest BCUT2D eigenvalue weighted by Gasteiger charge is 2.16. The fourth-order valence-electron chi connectivity index (χ4n) is 1.95. The first-order valence-electron chi connectivity index (χ1n) is 7.14. The van der Waals surface area contributed by atoms with Gasteiger partial charge in [-0.05, 0) is 18.6 Å². The molecule has 0 radical (unpaired) electrons. The first kappa shape index (κ1) is 17.5. The van der Waals surface area contributed by atoms with Gasteiger partial charge in [0.15, 0.2) is 11.5 Å². The van der Waals surface area contributed by atoms with Crippen molar-refractivity contribution in [3.05, 3.63) is 27.7 Å². The zero-order valence-electron chi connectivity index (χ0n) is 13.2. The van der Waals surface area contributed by atoms with E-state index in [9.17, 15) is 4.79 Å². The summed E-state index contributed by atoms with van der Waals surface area (Å²) >= 11 is 7.49. The number of halogens is 1. The van der Waals surface area contributed by atoms with E-state index < -0.39 is 0 Å². The Morgan fingerprint density at radius 2 is 2.09 bits per heavy atom. The van der Waals surface area contributed by atoms with Crippen molar-refractivity contribution < 1.29 is 14.3 Å². The molecule has 0 fully saturated rings. The number of ether oxygens (including phenoxy) is 2. The highest BCUT2D eigenvalue weighted by Crippen LogP contribution is 2.36. The highest BCUT2D eigenvalue weighted by molar-refractivity contribution is 7.15. The first-order chi connectivity index (χ1) is 11.1. The Morgan fingerprint density at radius 3 is 2.74 bits per heavy atom. The topological polar surface area (TPSA) is 73.3 Å². The van der Waals surface area contributed by atoms with E-state index in [2.05, 4.69) is 22.4 Å². The van der Waals surface area contributed by atoms with E-state index in [1.165, 1.54) is 31.6 Å². The van der Waals surface area contributed by atoms with E-state index in [1.807, 2.05) is 0 Å². The van der Waals surface area contributed by atoms with E-state index >= 15 is 0 Å². The molecule has 1 N–H and O–H groups in total. The van der Waals surface area contributed by atoms with Crippen LogP contribution in [0.1, 0.15) is 35.1 Å². The van der Waals surface area contributed by atoms with Gasteiger partial charge in [-0.1, -0.05) is 36.3 Å². The quantitative estimate of drug-likeness (QED) is 0.817. The minimum atomic E-state index is -0.328. The van der Waals surface area contributed by atoms with Crippen LogP contribution in [0, 0.1) is 0 Å². The number of benzene rings is 1. The molecule has 1 aromatic heterocycles. The Morgan fingerprint density at radius 1 is 1.30 bits per heavy atom. The number of carbonyl (C=O) groups is 1. The standard InChI is InChI=1S/C15H18ClN3O3S/c1-4-5-6-12-18-19-15(23-12)17-14(20)9-7-10(16)13(22-3)11(8-9)21-2/h7-8H,4-6H2,1-3H3,(H,17,19,20). The maximum absolute atomic E-state index is 12.3. The minimum absolute atomic E-state index is 0.304. The van der Waals surface area contributed by atoms with Gasteiger partial charge in [0, 0.05) is 12.0 Å². The van der Waals surface area contributed by atoms with Crippen LogP contribution in [0.3, 0.4) is 0 Å². The van der Waals surface area contributed by atoms with Gasteiger partial charge in [0.2, 0.25) is 5.13 Å². The number of carbonyl (C=O) groups excluding carboxylic acids is 1. The summed E-state index contributed by atoms with van der Waals surface area (Å²) in [6, 6.07) is 3.09. The zero-order chi connectivity index (χ0) is 16.8. The molecule has 23 heavy (non-hydrogen) atoms. The lowest BCUT2D eigenvalue weighted by Gasteiger charge is -2.11. The Hall–Kier alpha value is -1.86. The summed E-state index contributed by atoms with van der Waals surface area (Å²) in [7, 11) is 2.98. The lowest BCUT2D eigenvalue weighted by molar-refractivity contribution is 0.102. The first-order valence-corrected chi connectivity index (χ1v) is 8.33. The summed E-state index contributed by atoms with van der Waals surface area (Å²) in [4.78, 5) is 12.3. The van der Waals surface area contributed by atoms with Crippen LogP contribution < -0.4 is 14.8 Å². The Balaban J connectivity index is 2.14. The lowest BCUT2D eigenvalue weighted by Crippen LogP contribution is -2.12. The third-order valence-electron chi connectivity index (χ3n) is 3.13. The molecule has 0 saturated heterocycles. The highest BCUT2D eigenvalue weighted by atomic mass is 35.5. The zero-order valence-corrected chi connectivity index (χ0v) is 14.8. The van der Waals surface area contributed by atoms with E-state index in [0.717, 1.165) is 24.3 Å². The second kappa shape index (κ2) is 8.12. The largest absolute Gasteiger partial charge is 0.493 e. The van der Waals surface area contributed by atoms with Crippen molar-refractivity contribution in [2.45, 2.75) is 26.2 Å². The van der Waals surface area contributed by atoms with Crippen LogP contribution in [0.4, 0.5) is 5.13 Å². The molecule has 8 heteroatoms. The number of hydrogen-bond donors (Lipinski definition) is 1. The number of hydrogen-bond acceptors (Lipinski definition) is 6. The number of aromatic nitrogens is 2. The number of anilines is 1. The van der Waals surface area contributed by atoms with Crippen LogP contribution in [0.25, 0.3) is 0 Å². The molecule has 2 rings (SSSR count). The third-order valence-corrected chi connectivity index (χ3v) is 4.31. The predicted molar refractivity (Wildman–Crippen MR) is 91.0 cm³/mol. The molecular weight excluding hydrogens is 338 g/mol. The van der Waals surface area contributed by atoms with Crippen molar-refractivity contribution >= 4 is 34.0 Å². The van der Waals surface area contributed by atoms with Gasteiger partial charge in [0.25, 0.3) is 5.91 Å². The number of unbranched alkanes of at least 4 members (excludes halogenated alkanes) is 1. The monoisotopic (exact) mass is 355 g/mol. The SMILES string of the molecule is CCCCc1nnc(NC(=O)c2cc(Cl)c(OC)c(OC)c2)s1. The van der Waals surface area contributed by atoms with Crippen molar-refractivity contribution in [3.63, 3.8) is 0 Å². The number of aryl methyl sites for hydroxylation is 1. The van der Waals surface area contributed by atoms with Gasteiger partial charge in [-0.25, -0.2) is 0 Å². The third kappa shape index (κ3) is 4.33. The smallest absolute Gasteiger partial charge is 0.257 e. The number of rotatable bonds is 7. The molecule has 0 aliphatic carbocycles. The molecule has 0 aliphatic rings. The molecular formula is C15H18ClN3O3S. The van der Waals surface area contributed by atoms with Crippen LogP contribution in [-0.4, -0.2) is 30.3 Å². The summed E-state index contributed by atoms with van der Waals surface area (Å²) < 4.78 is 10.3. The fourth-order valence-corrected chi connectivity index (χ4v) is 3.02. The fraction of sp³-hybridized carbons (Fsp3) is 0.400. The van der Waals surface area contributed by atoms with Crippen LogP contribution in [0.5, 0.6) is 11.5 Å². The van der Waals surface area contributed by atoms with Crippen molar-refractivity contribution in [2.75, 3.05) is 19.5 Å². The second-order valence-electron chi connectivity index (χ2n) is 4.75. The second-order valence-corrected chi connectivity index (χ2v) is 6.22. The maximum atomic E-state index is 12.3. The predicted octanol–water partition coefficient (Wildman–Crippen LogP) is 3.80. The van der Waals surface area contributed by atoms with Gasteiger partial charge in [-0.3, -0.25) is 10.1 Å². The van der Waals surface area contributed by atoms with Crippen LogP contribution in [0.2, 0.25) is 5.02 Å². The molecule has 1 heterocycles. The van der Waals surface area contributed by atoms with Crippen molar-refractivity contribution in [1.29, 1.82) is 0 Å². The average Bonchev–Trinajstić information content (AvgIpc) is 2.99. The number of amides is 1. The van der Waals surface area contributed by atoms with Gasteiger partial charge < -0.3 is 9.47 Å². The molecule has 1 amide bonds. The summed E-state index contributed by atoms with van der Waals surface area (Å²) in [6.07, 6.45) is 3.01. The normalized spacial score (nSPS) is 10.4. The van der Waals surface area contributed by atoms with E-state index in [0.29, 0.717) is 27.2 Å². The van der Waals surface area contributed by atoms with E-state index in [1.54, 1.807) is 6.07 Å². The number of nitrogens with one attached hydrogen (secondary N) is 1. The average molecular weight is 356 g/mol. The Bertz CT molecular complexity index is 691. The summed E-state index contributed by atoms with van der Waals surface area (Å²) in [5, 5.41) is 12.4. The molecule has 0 unspecified atom stereocenters. The summed E-state index contributed by atoms with van der Waals surface area (Å²) in [5.41, 5.74) is 0.359. The molecule has 0 aliphatic heterocycles. The Labute approximate surface area is 143 Å². The molecule has 0 spiro atoms. The molecule has 124 valence electrons. The van der Waals surface area contributed by atoms with Crippen molar-refractivity contribution in [2.24, 2.45) is 0 Å². The van der Waals surface area contributed by atoms with Crippen molar-refractivity contribution in [1.82, 2.24) is 10.2 Å². The Kier molecular flexibility index (Phi) is 6.18. The lowest BCUT2D eigenvalue weighted by atomic mass is 10.2. The molecule has 2 aromatic rings. The van der Waals surface area contributed by atoms with Crippen LogP contribution in [-0.2, 0) is 6.42 Å². The van der Waals surface area contributed by atoms with Crippen LogP contribution >= 0.6 is 22.9 Å². The van der Waals surface area contributed by atoms with Crippen molar-refractivity contribution in [3.8, 4) is 11.5 Å².